The maximum atomic E-state index is 15.8. The second kappa shape index (κ2) is 9.81. The highest BCUT2D eigenvalue weighted by Crippen LogP contribution is 2.47. The average molecular weight is 526 g/mol. The van der Waals surface area contributed by atoms with Crippen molar-refractivity contribution in [3.05, 3.63) is 95.8 Å². The van der Waals surface area contributed by atoms with Crippen LogP contribution in [0.1, 0.15) is 11.1 Å². The summed E-state index contributed by atoms with van der Waals surface area (Å²) in [5.74, 6) is -6.56. The van der Waals surface area contributed by atoms with E-state index in [1.54, 1.807) is 0 Å². The van der Waals surface area contributed by atoms with Crippen LogP contribution in [0.25, 0.3) is 11.1 Å². The summed E-state index contributed by atoms with van der Waals surface area (Å²) in [4.78, 5) is 0. The van der Waals surface area contributed by atoms with E-state index in [2.05, 4.69) is 20.3 Å². The van der Waals surface area contributed by atoms with Crippen LogP contribution in [0, 0.1) is 11.6 Å². The molecule has 1 heterocycles. The Morgan fingerprint density at radius 1 is 0.838 bits per heavy atom. The Kier molecular flexibility index (Phi) is 6.91. The molecule has 0 radical (unpaired) electrons. The predicted octanol–water partition coefficient (Wildman–Crippen LogP) is 5.24. The molecule has 1 unspecified atom stereocenters. The summed E-state index contributed by atoms with van der Waals surface area (Å²) in [6, 6.07) is 11.9. The van der Waals surface area contributed by atoms with Gasteiger partial charge in [-0.15, -0.1) is 5.10 Å². The van der Waals surface area contributed by atoms with Gasteiger partial charge in [-0.3, -0.25) is 0 Å². The van der Waals surface area contributed by atoms with Gasteiger partial charge in [0.25, 0.3) is 0 Å². The Morgan fingerprint density at radius 2 is 1.46 bits per heavy atom. The third kappa shape index (κ3) is 5.56. The van der Waals surface area contributed by atoms with E-state index < -0.39 is 53.6 Å². The number of halogens is 7. The van der Waals surface area contributed by atoms with Gasteiger partial charge in [0, 0.05) is 17.2 Å². The Hall–Kier alpha value is -4.00. The first kappa shape index (κ1) is 26.1. The fourth-order valence-corrected chi connectivity index (χ4v) is 3.69. The van der Waals surface area contributed by atoms with Gasteiger partial charge in [-0.05, 0) is 45.8 Å². The Labute approximate surface area is 204 Å². The van der Waals surface area contributed by atoms with Gasteiger partial charge in [-0.25, -0.2) is 13.5 Å². The van der Waals surface area contributed by atoms with E-state index in [9.17, 15) is 27.1 Å². The van der Waals surface area contributed by atoms with Gasteiger partial charge in [0.2, 0.25) is 0 Å². The molecule has 0 spiro atoms. The van der Waals surface area contributed by atoms with Crippen LogP contribution in [0.5, 0.6) is 5.75 Å². The van der Waals surface area contributed by atoms with Crippen molar-refractivity contribution < 1.29 is 40.6 Å². The van der Waals surface area contributed by atoms with Crippen LogP contribution < -0.4 is 4.74 Å². The van der Waals surface area contributed by atoms with E-state index >= 15 is 8.78 Å². The van der Waals surface area contributed by atoms with Crippen molar-refractivity contribution in [3.63, 3.8) is 0 Å². The largest absolute Gasteiger partial charge is 0.484 e. The first-order valence-corrected chi connectivity index (χ1v) is 10.6. The second-order valence-corrected chi connectivity index (χ2v) is 8.07. The van der Waals surface area contributed by atoms with E-state index in [0.717, 1.165) is 35.3 Å². The highest BCUT2D eigenvalue weighted by molar-refractivity contribution is 5.64. The molecule has 0 aliphatic rings. The number of aromatic nitrogens is 4. The van der Waals surface area contributed by atoms with Crippen molar-refractivity contribution in [1.29, 1.82) is 0 Å². The molecule has 0 saturated heterocycles. The van der Waals surface area contributed by atoms with Gasteiger partial charge in [0.15, 0.2) is 12.2 Å². The molecular weight excluding hydrogens is 509 g/mol. The molecule has 3 aromatic carbocycles. The molecule has 4 rings (SSSR count). The Morgan fingerprint density at radius 3 is 2.00 bits per heavy atom. The zero-order valence-electron chi connectivity index (χ0n) is 18.6. The van der Waals surface area contributed by atoms with E-state index in [1.807, 2.05) is 0 Å². The van der Waals surface area contributed by atoms with Gasteiger partial charge in [0.1, 0.15) is 23.7 Å². The number of nitrogens with zero attached hydrogens (tertiary/aromatic N) is 4. The van der Waals surface area contributed by atoms with Crippen molar-refractivity contribution in [1.82, 2.24) is 20.2 Å². The molecule has 0 aliphatic carbocycles. The molecular formula is C24H17F7N4O2. The van der Waals surface area contributed by atoms with Crippen molar-refractivity contribution in [2.24, 2.45) is 0 Å². The summed E-state index contributed by atoms with van der Waals surface area (Å²) in [7, 11) is 0. The first-order chi connectivity index (χ1) is 17.4. The quantitative estimate of drug-likeness (QED) is 0.318. The zero-order valence-corrected chi connectivity index (χ0v) is 18.6. The van der Waals surface area contributed by atoms with Crippen molar-refractivity contribution in [3.8, 4) is 16.9 Å². The molecule has 0 fully saturated rings. The molecule has 0 amide bonds. The minimum atomic E-state index is -4.50. The fraction of sp³-hybridized carbons (Fsp3) is 0.208. The second-order valence-electron chi connectivity index (χ2n) is 8.07. The number of rotatable bonds is 8. The molecule has 6 nitrogen and oxygen atoms in total. The van der Waals surface area contributed by atoms with Crippen molar-refractivity contribution in [2.45, 2.75) is 24.2 Å². The van der Waals surface area contributed by atoms with Crippen molar-refractivity contribution >= 4 is 0 Å². The van der Waals surface area contributed by atoms with Crippen LogP contribution in [-0.2, 0) is 18.1 Å². The topological polar surface area (TPSA) is 73.1 Å². The minimum Gasteiger partial charge on any atom is -0.484 e. The Balaban J connectivity index is 1.64. The smallest absolute Gasteiger partial charge is 0.422 e. The van der Waals surface area contributed by atoms with Crippen LogP contribution in [0.2, 0.25) is 0 Å². The number of hydrogen-bond acceptors (Lipinski definition) is 5. The number of tetrazole rings is 1. The number of hydrogen-bond donors (Lipinski definition) is 1. The van der Waals surface area contributed by atoms with Crippen LogP contribution >= 0.6 is 0 Å². The lowest BCUT2D eigenvalue weighted by Gasteiger charge is -2.36. The van der Waals surface area contributed by atoms with Gasteiger partial charge in [-0.1, -0.05) is 36.4 Å². The lowest BCUT2D eigenvalue weighted by Crippen LogP contribution is -2.47. The lowest BCUT2D eigenvalue weighted by atomic mass is 9.82. The van der Waals surface area contributed by atoms with Crippen molar-refractivity contribution in [2.75, 3.05) is 6.61 Å². The fourth-order valence-electron chi connectivity index (χ4n) is 3.69. The van der Waals surface area contributed by atoms with Gasteiger partial charge < -0.3 is 9.84 Å². The minimum absolute atomic E-state index is 0.0294. The highest BCUT2D eigenvalue weighted by Gasteiger charge is 2.56. The Bertz CT molecular complexity index is 1350. The standard InChI is InChI=1S/C24H17F7N4O2/c25-18-7-10-20(21(26)11-18)22(36,12-35-14-32-33-34-35)24(30,31)17-5-1-15(2-6-17)16-3-8-19(9-4-16)37-13-23(27,28)29/h1-11,14,36H,12-13H2. The molecule has 0 aliphatic heterocycles. The molecule has 0 saturated carbocycles. The van der Waals surface area contributed by atoms with E-state index in [-0.39, 0.29) is 5.75 Å². The summed E-state index contributed by atoms with van der Waals surface area (Å²) >= 11 is 0. The molecule has 4 aromatic rings. The first-order valence-electron chi connectivity index (χ1n) is 10.6. The van der Waals surface area contributed by atoms with Crippen LogP contribution in [-0.4, -0.2) is 38.1 Å². The molecule has 13 heteroatoms. The SMILES string of the molecule is OC(Cn1cnnn1)(c1ccc(F)cc1F)C(F)(F)c1ccc(-c2ccc(OCC(F)(F)F)cc2)cc1. The molecule has 0 bridgehead atoms. The van der Waals surface area contributed by atoms with Gasteiger partial charge in [0.05, 0.1) is 6.54 Å². The summed E-state index contributed by atoms with van der Waals surface area (Å²) in [6.45, 7) is -2.42. The average Bonchev–Trinajstić information content (AvgIpc) is 3.35. The number of aliphatic hydroxyl groups is 1. The third-order valence-corrected chi connectivity index (χ3v) is 5.52. The van der Waals surface area contributed by atoms with E-state index in [0.29, 0.717) is 17.2 Å². The van der Waals surface area contributed by atoms with E-state index in [4.69, 9.17) is 0 Å². The van der Waals surface area contributed by atoms with Gasteiger partial charge in [-0.2, -0.15) is 22.0 Å². The maximum Gasteiger partial charge on any atom is 0.422 e. The highest BCUT2D eigenvalue weighted by atomic mass is 19.4. The third-order valence-electron chi connectivity index (χ3n) is 5.52. The van der Waals surface area contributed by atoms with Gasteiger partial charge >= 0.3 is 12.1 Å². The molecule has 1 aromatic heterocycles. The monoisotopic (exact) mass is 526 g/mol. The van der Waals surface area contributed by atoms with Crippen LogP contribution in [0.4, 0.5) is 30.7 Å². The maximum absolute atomic E-state index is 15.8. The van der Waals surface area contributed by atoms with Crippen LogP contribution in [0.3, 0.4) is 0 Å². The van der Waals surface area contributed by atoms with Crippen LogP contribution in [0.15, 0.2) is 73.1 Å². The number of benzene rings is 3. The van der Waals surface area contributed by atoms with E-state index in [1.165, 1.54) is 36.4 Å². The zero-order chi connectivity index (χ0) is 26.8. The molecule has 1 atom stereocenters. The molecule has 37 heavy (non-hydrogen) atoms. The number of ether oxygens (including phenoxy) is 1. The summed E-state index contributed by atoms with van der Waals surface area (Å²) in [6.07, 6.45) is -3.55. The summed E-state index contributed by atoms with van der Waals surface area (Å²) in [5.41, 5.74) is -3.87. The summed E-state index contributed by atoms with van der Waals surface area (Å²) in [5, 5.41) is 21.3. The molecule has 1 N–H and O–H groups in total. The normalized spacial score (nSPS) is 13.8. The summed E-state index contributed by atoms with van der Waals surface area (Å²) < 4.78 is 102. The lowest BCUT2D eigenvalue weighted by molar-refractivity contribution is -0.205. The predicted molar refractivity (Wildman–Crippen MR) is 115 cm³/mol. The molecule has 194 valence electrons. The number of alkyl halides is 5.